The number of aromatic nitrogens is 5. The molecule has 0 aliphatic carbocycles. The number of ether oxygens (including phenoxy) is 1. The normalized spacial score (nSPS) is 17.8. The maximum atomic E-state index is 10.9. The van der Waals surface area contributed by atoms with Crippen LogP contribution in [0.4, 0.5) is 16.9 Å². The van der Waals surface area contributed by atoms with Crippen molar-refractivity contribution < 1.29 is 9.66 Å². The molecule has 0 amide bonds. The van der Waals surface area contributed by atoms with Gasteiger partial charge in [0.25, 0.3) is 0 Å². The van der Waals surface area contributed by atoms with E-state index in [4.69, 9.17) is 10.00 Å². The van der Waals surface area contributed by atoms with Crippen LogP contribution in [-0.4, -0.2) is 68.3 Å². The second-order valence-electron chi connectivity index (χ2n) is 7.67. The highest BCUT2D eigenvalue weighted by molar-refractivity contribution is 7.13. The van der Waals surface area contributed by atoms with Gasteiger partial charge < -0.3 is 30.0 Å². The van der Waals surface area contributed by atoms with E-state index in [1.54, 1.807) is 22.3 Å². The van der Waals surface area contributed by atoms with E-state index in [1.807, 2.05) is 0 Å². The first-order valence-corrected chi connectivity index (χ1v) is 11.2. The van der Waals surface area contributed by atoms with Crippen LogP contribution in [0.5, 0.6) is 6.01 Å². The lowest BCUT2D eigenvalue weighted by molar-refractivity contribution is -0.389. The van der Waals surface area contributed by atoms with Crippen molar-refractivity contribution in [2.45, 2.75) is 19.1 Å². The standard InChI is InChI=1S/C19H20N10O3S/c20-5-14-12-33-19(24-14)27-3-1-26(2-4-27)17-22-7-13(8-23-17)6-21-15-9-28-10-16(29(30)31)25-18(28)32-11-15/h7-8,10,12,15,21H,1-4,6,9,11H2. The SMILES string of the molecule is N#Cc1csc(N2CCN(c3ncc(CNC4COc5nc([N+](=O)[O-])cn5C4)cn3)CC2)n1. The molecule has 33 heavy (non-hydrogen) atoms. The maximum Gasteiger partial charge on any atom is 0.414 e. The number of hydrogen-bond acceptors (Lipinski definition) is 12. The minimum atomic E-state index is -0.528. The highest BCUT2D eigenvalue weighted by Gasteiger charge is 2.27. The van der Waals surface area contributed by atoms with Crippen LogP contribution < -0.4 is 19.9 Å². The number of nitro groups is 1. The molecular weight excluding hydrogens is 448 g/mol. The van der Waals surface area contributed by atoms with Gasteiger partial charge in [0.2, 0.25) is 5.95 Å². The molecule has 1 atom stereocenters. The minimum Gasteiger partial charge on any atom is -0.444 e. The third kappa shape index (κ3) is 4.54. The first-order valence-electron chi connectivity index (χ1n) is 10.3. The van der Waals surface area contributed by atoms with Crippen molar-refractivity contribution in [1.29, 1.82) is 5.26 Å². The summed E-state index contributed by atoms with van der Waals surface area (Å²) in [5, 5.41) is 25.8. The Morgan fingerprint density at radius 2 is 2.00 bits per heavy atom. The van der Waals surface area contributed by atoms with Crippen molar-refractivity contribution in [3.8, 4) is 12.1 Å². The van der Waals surface area contributed by atoms with E-state index in [0.717, 1.165) is 36.9 Å². The molecule has 0 radical (unpaired) electrons. The number of fused-ring (bicyclic) bond motifs is 1. The molecule has 1 N–H and O–H groups in total. The first-order chi connectivity index (χ1) is 16.1. The largest absolute Gasteiger partial charge is 0.444 e. The van der Waals surface area contributed by atoms with Gasteiger partial charge in [0, 0.05) is 67.6 Å². The average Bonchev–Trinajstić information content (AvgIpc) is 3.50. The zero-order valence-corrected chi connectivity index (χ0v) is 18.3. The number of rotatable bonds is 6. The molecule has 5 heterocycles. The van der Waals surface area contributed by atoms with Crippen LogP contribution in [0.15, 0.2) is 24.0 Å². The van der Waals surface area contributed by atoms with Gasteiger partial charge in [-0.2, -0.15) is 5.26 Å². The fraction of sp³-hybridized carbons (Fsp3) is 0.421. The van der Waals surface area contributed by atoms with Gasteiger partial charge in [-0.1, -0.05) is 0 Å². The zero-order valence-electron chi connectivity index (χ0n) is 17.5. The molecule has 5 rings (SSSR count). The third-order valence-corrected chi connectivity index (χ3v) is 6.37. The van der Waals surface area contributed by atoms with Crippen molar-refractivity contribution in [3.05, 3.63) is 45.3 Å². The van der Waals surface area contributed by atoms with E-state index in [9.17, 15) is 10.1 Å². The van der Waals surface area contributed by atoms with Gasteiger partial charge in [0.15, 0.2) is 10.8 Å². The highest BCUT2D eigenvalue weighted by atomic mass is 32.1. The summed E-state index contributed by atoms with van der Waals surface area (Å²) in [5.41, 5.74) is 1.39. The molecule has 0 bridgehead atoms. The van der Waals surface area contributed by atoms with Gasteiger partial charge in [-0.3, -0.25) is 4.57 Å². The molecule has 14 heteroatoms. The average molecular weight is 469 g/mol. The molecule has 2 aliphatic rings. The van der Waals surface area contributed by atoms with Gasteiger partial charge in [0.05, 0.1) is 6.04 Å². The lowest BCUT2D eigenvalue weighted by Gasteiger charge is -2.34. The van der Waals surface area contributed by atoms with Crippen molar-refractivity contribution in [3.63, 3.8) is 0 Å². The Labute approximate surface area is 192 Å². The van der Waals surface area contributed by atoms with E-state index in [0.29, 0.717) is 31.3 Å². The Morgan fingerprint density at radius 1 is 1.24 bits per heavy atom. The quantitative estimate of drug-likeness (QED) is 0.404. The second kappa shape index (κ2) is 8.96. The minimum absolute atomic E-state index is 0.00790. The monoisotopic (exact) mass is 468 g/mol. The summed E-state index contributed by atoms with van der Waals surface area (Å²) < 4.78 is 7.17. The summed E-state index contributed by atoms with van der Waals surface area (Å²) in [4.78, 5) is 31.9. The number of imidazole rings is 1. The van der Waals surface area contributed by atoms with Crippen molar-refractivity contribution in [2.75, 3.05) is 42.6 Å². The van der Waals surface area contributed by atoms with E-state index in [-0.39, 0.29) is 17.9 Å². The van der Waals surface area contributed by atoms with Crippen LogP contribution in [-0.2, 0) is 13.1 Å². The van der Waals surface area contributed by atoms with Crippen LogP contribution in [0.25, 0.3) is 0 Å². The summed E-state index contributed by atoms with van der Waals surface area (Å²) in [6, 6.07) is 2.33. The smallest absolute Gasteiger partial charge is 0.414 e. The Hall–Kier alpha value is -3.83. The number of piperazine rings is 1. The van der Waals surface area contributed by atoms with Crippen LogP contribution in [0.3, 0.4) is 0 Å². The predicted octanol–water partition coefficient (Wildman–Crippen LogP) is 0.787. The molecule has 1 saturated heterocycles. The molecule has 2 aliphatic heterocycles. The molecule has 1 fully saturated rings. The molecule has 1 unspecified atom stereocenters. The van der Waals surface area contributed by atoms with Crippen molar-refractivity contribution in [1.82, 2.24) is 29.8 Å². The fourth-order valence-electron chi connectivity index (χ4n) is 3.73. The molecule has 13 nitrogen and oxygen atoms in total. The van der Waals surface area contributed by atoms with Gasteiger partial charge >= 0.3 is 11.8 Å². The lowest BCUT2D eigenvalue weighted by atomic mass is 10.2. The summed E-state index contributed by atoms with van der Waals surface area (Å²) >= 11 is 1.49. The van der Waals surface area contributed by atoms with Crippen LogP contribution in [0.1, 0.15) is 11.3 Å². The van der Waals surface area contributed by atoms with Crippen LogP contribution in [0, 0.1) is 21.4 Å². The van der Waals surface area contributed by atoms with E-state index in [2.05, 4.69) is 41.1 Å². The number of anilines is 2. The Morgan fingerprint density at radius 3 is 2.70 bits per heavy atom. The molecule has 3 aromatic rings. The number of nitrogens with one attached hydrogen (secondary N) is 1. The molecule has 3 aromatic heterocycles. The molecule has 170 valence electrons. The van der Waals surface area contributed by atoms with Gasteiger partial charge in [0.1, 0.15) is 18.9 Å². The van der Waals surface area contributed by atoms with E-state index < -0.39 is 4.92 Å². The fourth-order valence-corrected chi connectivity index (χ4v) is 4.54. The Bertz CT molecular complexity index is 1180. The highest BCUT2D eigenvalue weighted by Crippen LogP contribution is 2.23. The first kappa shape index (κ1) is 21.0. The number of hydrogen-bond donors (Lipinski definition) is 1. The summed E-state index contributed by atoms with van der Waals surface area (Å²) in [6.45, 7) is 4.61. The summed E-state index contributed by atoms with van der Waals surface area (Å²) in [7, 11) is 0. The van der Waals surface area contributed by atoms with Crippen molar-refractivity contribution >= 4 is 28.2 Å². The topological polar surface area (TPSA) is 151 Å². The second-order valence-corrected chi connectivity index (χ2v) is 8.51. The molecule has 0 aromatic carbocycles. The Balaban J connectivity index is 1.11. The van der Waals surface area contributed by atoms with Gasteiger partial charge in [-0.05, 0) is 4.92 Å². The lowest BCUT2D eigenvalue weighted by Crippen LogP contribution is -2.47. The zero-order chi connectivity index (χ0) is 22.8. The predicted molar refractivity (Wildman–Crippen MR) is 118 cm³/mol. The van der Waals surface area contributed by atoms with Gasteiger partial charge in [-0.15, -0.1) is 11.3 Å². The van der Waals surface area contributed by atoms with E-state index in [1.165, 1.54) is 17.5 Å². The third-order valence-electron chi connectivity index (χ3n) is 5.47. The molecule has 0 spiro atoms. The number of nitrogens with zero attached hydrogens (tertiary/aromatic N) is 9. The summed E-state index contributed by atoms with van der Waals surface area (Å²) in [5.74, 6) is 0.473. The Kier molecular flexibility index (Phi) is 5.71. The van der Waals surface area contributed by atoms with Crippen LogP contribution >= 0.6 is 11.3 Å². The van der Waals surface area contributed by atoms with E-state index >= 15 is 0 Å². The molecule has 0 saturated carbocycles. The number of thiazole rings is 1. The number of nitriles is 1. The maximum absolute atomic E-state index is 10.9. The van der Waals surface area contributed by atoms with Gasteiger partial charge in [-0.25, -0.2) is 15.0 Å². The molecular formula is C19H20N10O3S. The van der Waals surface area contributed by atoms with Crippen molar-refractivity contribution in [2.24, 2.45) is 0 Å². The summed E-state index contributed by atoms with van der Waals surface area (Å²) in [6.07, 6.45) is 5.00. The van der Waals surface area contributed by atoms with Crippen LogP contribution in [0.2, 0.25) is 0 Å².